The third-order valence-corrected chi connectivity index (χ3v) is 4.33. The van der Waals surface area contributed by atoms with Gasteiger partial charge in [-0.2, -0.15) is 0 Å². The van der Waals surface area contributed by atoms with Crippen LogP contribution in [0.1, 0.15) is 20.8 Å². The molecule has 3 rings (SSSR count). The van der Waals surface area contributed by atoms with Gasteiger partial charge in [-0.05, 0) is 29.7 Å². The van der Waals surface area contributed by atoms with E-state index in [1.807, 2.05) is 0 Å². The van der Waals surface area contributed by atoms with E-state index in [0.717, 1.165) is 0 Å². The highest BCUT2D eigenvalue weighted by atomic mass is 35.5. The molecule has 0 aliphatic carbocycles. The molecule has 0 saturated heterocycles. The maximum Gasteiger partial charge on any atom is 0.337 e. The average Bonchev–Trinajstić information content (AvgIpc) is 2.65. The molecule has 2 aromatic carbocycles. The van der Waals surface area contributed by atoms with Crippen molar-refractivity contribution in [1.29, 1.82) is 0 Å². The van der Waals surface area contributed by atoms with E-state index in [2.05, 4.69) is 9.97 Å². The maximum absolute atomic E-state index is 12.8. The largest absolute Gasteiger partial charge is 0.465 e. The molecule has 8 heteroatoms. The van der Waals surface area contributed by atoms with Gasteiger partial charge in [0.05, 0.1) is 29.6 Å². The minimum atomic E-state index is -0.537. The first kappa shape index (κ1) is 18.1. The zero-order chi connectivity index (χ0) is 18.8. The summed E-state index contributed by atoms with van der Waals surface area (Å²) in [5.74, 6) is -0.933. The molecule has 132 valence electrons. The molecule has 26 heavy (non-hydrogen) atoms. The van der Waals surface area contributed by atoms with Gasteiger partial charge in [0.2, 0.25) is 0 Å². The Labute approximate surface area is 159 Å². The molecule has 1 aromatic heterocycles. The number of aromatic nitrogens is 2. The molecule has 0 aliphatic heterocycles. The summed E-state index contributed by atoms with van der Waals surface area (Å²) in [5, 5.41) is 1.97. The van der Waals surface area contributed by atoms with Crippen LogP contribution < -0.4 is 4.90 Å². The van der Waals surface area contributed by atoms with E-state index in [1.165, 1.54) is 30.6 Å². The van der Waals surface area contributed by atoms with Gasteiger partial charge in [0.1, 0.15) is 5.69 Å². The van der Waals surface area contributed by atoms with E-state index in [4.69, 9.17) is 27.9 Å². The molecule has 0 aliphatic rings. The van der Waals surface area contributed by atoms with E-state index in [-0.39, 0.29) is 11.3 Å². The lowest BCUT2D eigenvalue weighted by Gasteiger charge is -2.20. The van der Waals surface area contributed by atoms with Crippen LogP contribution in [0.15, 0.2) is 42.9 Å². The molecule has 3 aromatic rings. The maximum atomic E-state index is 12.8. The van der Waals surface area contributed by atoms with Gasteiger partial charge in [0.15, 0.2) is 0 Å². The van der Waals surface area contributed by atoms with Crippen LogP contribution in [-0.2, 0) is 4.74 Å². The van der Waals surface area contributed by atoms with Crippen LogP contribution in [0.4, 0.5) is 5.69 Å². The Morgan fingerprint density at radius 3 is 2.54 bits per heavy atom. The minimum Gasteiger partial charge on any atom is -0.465 e. The van der Waals surface area contributed by atoms with Crippen LogP contribution in [-0.4, -0.2) is 36.0 Å². The van der Waals surface area contributed by atoms with Crippen molar-refractivity contribution in [3.63, 3.8) is 0 Å². The molecule has 0 bridgehead atoms. The number of rotatable bonds is 3. The van der Waals surface area contributed by atoms with Gasteiger partial charge in [0.25, 0.3) is 5.91 Å². The second-order valence-electron chi connectivity index (χ2n) is 5.43. The van der Waals surface area contributed by atoms with Crippen LogP contribution in [0.5, 0.6) is 0 Å². The van der Waals surface area contributed by atoms with Crippen molar-refractivity contribution < 1.29 is 14.3 Å². The molecule has 0 fully saturated rings. The van der Waals surface area contributed by atoms with E-state index >= 15 is 0 Å². The van der Waals surface area contributed by atoms with Crippen LogP contribution in [0.2, 0.25) is 10.0 Å². The van der Waals surface area contributed by atoms with Crippen molar-refractivity contribution in [2.24, 2.45) is 0 Å². The van der Waals surface area contributed by atoms with Crippen LogP contribution in [0.3, 0.4) is 0 Å². The zero-order valence-corrected chi connectivity index (χ0v) is 15.4. The summed E-state index contributed by atoms with van der Waals surface area (Å²) >= 11 is 12.4. The molecule has 0 N–H and O–H groups in total. The lowest BCUT2D eigenvalue weighted by Crippen LogP contribution is -2.27. The molecule has 1 heterocycles. The van der Waals surface area contributed by atoms with Gasteiger partial charge < -0.3 is 9.64 Å². The van der Waals surface area contributed by atoms with Crippen LogP contribution >= 0.6 is 23.2 Å². The minimum absolute atomic E-state index is 0.164. The molecule has 0 radical (unpaired) electrons. The Hall–Kier alpha value is -2.70. The molecular formula is C18H13Cl2N3O3. The van der Waals surface area contributed by atoms with Gasteiger partial charge in [-0.3, -0.25) is 9.78 Å². The number of esters is 1. The first-order valence-electron chi connectivity index (χ1n) is 7.47. The number of hydrogen-bond acceptors (Lipinski definition) is 5. The highest BCUT2D eigenvalue weighted by molar-refractivity contribution is 6.40. The van der Waals surface area contributed by atoms with Gasteiger partial charge in [-0.1, -0.05) is 23.2 Å². The number of ether oxygens (including phenoxy) is 1. The molecule has 1 amide bonds. The van der Waals surface area contributed by atoms with E-state index in [9.17, 15) is 9.59 Å². The number of halogens is 2. The Kier molecular flexibility index (Phi) is 5.06. The SMILES string of the molecule is COC(=O)c1cc(N(C)C(=O)c2cnccn2)c2c(Cl)cc(Cl)cc2c1. The number of fused-ring (bicyclic) bond motifs is 1. The normalized spacial score (nSPS) is 10.6. The van der Waals surface area contributed by atoms with Crippen molar-refractivity contribution in [2.45, 2.75) is 0 Å². The van der Waals surface area contributed by atoms with E-state index in [0.29, 0.717) is 26.5 Å². The molecule has 0 atom stereocenters. The van der Waals surface area contributed by atoms with Gasteiger partial charge in [-0.15, -0.1) is 0 Å². The topological polar surface area (TPSA) is 72.4 Å². The van der Waals surface area contributed by atoms with E-state index < -0.39 is 11.9 Å². The number of amides is 1. The summed E-state index contributed by atoms with van der Waals surface area (Å²) in [6.45, 7) is 0. The van der Waals surface area contributed by atoms with Crippen LogP contribution in [0.25, 0.3) is 10.8 Å². The van der Waals surface area contributed by atoms with Crippen molar-refractivity contribution in [2.75, 3.05) is 19.1 Å². The number of carbonyl (C=O) groups is 2. The number of hydrogen-bond donors (Lipinski definition) is 0. The summed E-state index contributed by atoms with van der Waals surface area (Å²) in [4.78, 5) is 34.1. The summed E-state index contributed by atoms with van der Waals surface area (Å²) in [6.07, 6.45) is 4.27. The lowest BCUT2D eigenvalue weighted by atomic mass is 10.0. The fourth-order valence-electron chi connectivity index (χ4n) is 2.60. The second kappa shape index (κ2) is 7.27. The summed E-state index contributed by atoms with van der Waals surface area (Å²) in [6, 6.07) is 6.40. The summed E-state index contributed by atoms with van der Waals surface area (Å²) in [7, 11) is 2.85. The number of nitrogens with zero attached hydrogens (tertiary/aromatic N) is 3. The number of carbonyl (C=O) groups excluding carboxylic acids is 2. The van der Waals surface area contributed by atoms with Crippen LogP contribution in [0, 0.1) is 0 Å². The van der Waals surface area contributed by atoms with E-state index in [1.54, 1.807) is 31.3 Å². The first-order valence-corrected chi connectivity index (χ1v) is 8.23. The van der Waals surface area contributed by atoms with Crippen molar-refractivity contribution in [3.8, 4) is 0 Å². The number of anilines is 1. The summed E-state index contributed by atoms with van der Waals surface area (Å²) < 4.78 is 4.79. The van der Waals surface area contributed by atoms with Crippen molar-refractivity contribution in [1.82, 2.24) is 9.97 Å². The standard InChI is InChI=1S/C18H13Cl2N3O3/c1-23(17(24)14-9-21-3-4-22-14)15-7-11(18(25)26-2)5-10-6-12(19)8-13(20)16(10)15/h3-9H,1-2H3. The molecule has 6 nitrogen and oxygen atoms in total. The lowest BCUT2D eigenvalue weighted by molar-refractivity contribution is 0.0600. The molecule has 0 saturated carbocycles. The van der Waals surface area contributed by atoms with Crippen molar-refractivity contribution >= 4 is 51.5 Å². The quantitative estimate of drug-likeness (QED) is 0.632. The fraction of sp³-hybridized carbons (Fsp3) is 0.111. The predicted molar refractivity (Wildman–Crippen MR) is 100 cm³/mol. The van der Waals surface area contributed by atoms with Gasteiger partial charge in [-0.25, -0.2) is 9.78 Å². The second-order valence-corrected chi connectivity index (χ2v) is 6.27. The Balaban J connectivity index is 2.22. The molecule has 0 spiro atoms. The Morgan fingerprint density at radius 2 is 1.88 bits per heavy atom. The summed E-state index contributed by atoms with van der Waals surface area (Å²) in [5.41, 5.74) is 0.865. The third-order valence-electron chi connectivity index (χ3n) is 3.81. The Morgan fingerprint density at radius 1 is 1.12 bits per heavy atom. The monoisotopic (exact) mass is 389 g/mol. The highest BCUT2D eigenvalue weighted by Gasteiger charge is 2.21. The highest BCUT2D eigenvalue weighted by Crippen LogP contribution is 2.36. The Bertz CT molecular complexity index is 1010. The predicted octanol–water partition coefficient (Wildman–Crippen LogP) is 4.00. The zero-order valence-electron chi connectivity index (χ0n) is 13.9. The van der Waals surface area contributed by atoms with Gasteiger partial charge >= 0.3 is 5.97 Å². The first-order chi connectivity index (χ1) is 12.4. The smallest absolute Gasteiger partial charge is 0.337 e. The van der Waals surface area contributed by atoms with Crippen molar-refractivity contribution in [3.05, 3.63) is 64.2 Å². The third kappa shape index (κ3) is 3.34. The molecule has 0 unspecified atom stereocenters. The number of benzene rings is 2. The average molecular weight is 390 g/mol. The fourth-order valence-corrected chi connectivity index (χ4v) is 3.20. The van der Waals surface area contributed by atoms with Gasteiger partial charge in [0, 0.05) is 29.9 Å². The number of methoxy groups -OCH3 is 1. The molecular weight excluding hydrogens is 377 g/mol.